The Bertz CT molecular complexity index is 1090. The second-order valence-electron chi connectivity index (χ2n) is 9.82. The van der Waals surface area contributed by atoms with Crippen LogP contribution in [0.1, 0.15) is 57.7 Å². The Morgan fingerprint density at radius 1 is 1.22 bits per heavy atom. The van der Waals surface area contributed by atoms with Crippen LogP contribution < -0.4 is 16.4 Å². The minimum absolute atomic E-state index is 0.0219. The lowest BCUT2D eigenvalue weighted by molar-refractivity contribution is -0.146. The van der Waals surface area contributed by atoms with Crippen molar-refractivity contribution in [2.24, 2.45) is 11.7 Å². The number of terminal acetylenes is 1. The van der Waals surface area contributed by atoms with Gasteiger partial charge >= 0.3 is 12.1 Å². The zero-order valence-electron chi connectivity index (χ0n) is 21.7. The fourth-order valence-corrected chi connectivity index (χ4v) is 3.82. The summed E-state index contributed by atoms with van der Waals surface area (Å²) in [6.07, 6.45) is 4.80. The SMILES string of the molecule is C#Cc1ccccc1C(C(=O)NCC(=O)OC)N(C(=O)C(CC(N)=O)NC(=O)OC(C)(C)C)C1CC1C. The smallest absolute Gasteiger partial charge is 0.408 e. The largest absolute Gasteiger partial charge is 0.468 e. The van der Waals surface area contributed by atoms with Gasteiger partial charge in [-0.3, -0.25) is 19.2 Å². The molecular weight excluding hydrogens is 480 g/mol. The standard InChI is InChI=1S/C26H34N4O7/c1-7-16-10-8-9-11-17(16)22(23(33)28-14-21(32)36-6)30(19-12-15(19)2)24(34)18(13-20(27)31)29-25(35)37-26(3,4)5/h1,8-11,15,18-19,22H,12-14H2,2-6H3,(H2,27,31)(H,28,33)(H,29,35). The predicted octanol–water partition coefficient (Wildman–Crippen LogP) is 1.00. The molecule has 4 N–H and O–H groups in total. The number of rotatable bonds is 10. The molecule has 4 amide bonds. The zero-order valence-corrected chi connectivity index (χ0v) is 21.7. The Labute approximate surface area is 216 Å². The molecule has 1 aromatic rings. The van der Waals surface area contributed by atoms with E-state index in [4.69, 9.17) is 16.9 Å². The first kappa shape index (κ1) is 29.2. The normalized spacial score (nSPS) is 17.8. The number of carbonyl (C=O) groups excluding carboxylic acids is 5. The van der Waals surface area contributed by atoms with Crippen molar-refractivity contribution < 1.29 is 33.4 Å². The van der Waals surface area contributed by atoms with E-state index in [1.807, 2.05) is 6.92 Å². The van der Waals surface area contributed by atoms with Gasteiger partial charge in [0, 0.05) is 11.6 Å². The van der Waals surface area contributed by atoms with Crippen LogP contribution in [0.3, 0.4) is 0 Å². The third-order valence-electron chi connectivity index (χ3n) is 5.65. The minimum Gasteiger partial charge on any atom is -0.468 e. The summed E-state index contributed by atoms with van der Waals surface area (Å²) < 4.78 is 9.86. The molecule has 1 aliphatic rings. The summed E-state index contributed by atoms with van der Waals surface area (Å²) in [5, 5.41) is 4.90. The number of alkyl carbamates (subject to hydrolysis) is 1. The van der Waals surface area contributed by atoms with Crippen molar-refractivity contribution in [3.05, 3.63) is 35.4 Å². The van der Waals surface area contributed by atoms with Gasteiger partial charge in [-0.2, -0.15) is 0 Å². The van der Waals surface area contributed by atoms with Crippen LogP contribution in [0, 0.1) is 18.3 Å². The molecule has 11 nitrogen and oxygen atoms in total. The highest BCUT2D eigenvalue weighted by atomic mass is 16.6. The average molecular weight is 515 g/mol. The van der Waals surface area contributed by atoms with Crippen LogP contribution >= 0.6 is 0 Å². The molecule has 4 unspecified atom stereocenters. The highest BCUT2D eigenvalue weighted by Crippen LogP contribution is 2.41. The van der Waals surface area contributed by atoms with E-state index in [9.17, 15) is 24.0 Å². The average Bonchev–Trinajstić information content (AvgIpc) is 3.53. The number of amides is 4. The van der Waals surface area contributed by atoms with Gasteiger partial charge in [0.2, 0.25) is 17.7 Å². The van der Waals surface area contributed by atoms with Gasteiger partial charge in [-0.1, -0.05) is 31.0 Å². The van der Waals surface area contributed by atoms with Crippen molar-refractivity contribution in [2.45, 2.75) is 64.3 Å². The quantitative estimate of drug-likeness (QED) is 0.310. The number of carbonyl (C=O) groups is 5. The molecule has 2 rings (SSSR count). The summed E-state index contributed by atoms with van der Waals surface area (Å²) in [5.74, 6) is -0.390. The zero-order chi connectivity index (χ0) is 27.9. The first-order valence-corrected chi connectivity index (χ1v) is 11.8. The van der Waals surface area contributed by atoms with Crippen molar-refractivity contribution in [2.75, 3.05) is 13.7 Å². The van der Waals surface area contributed by atoms with Crippen LogP contribution in [-0.2, 0) is 28.7 Å². The third-order valence-corrected chi connectivity index (χ3v) is 5.65. The first-order chi connectivity index (χ1) is 17.3. The Morgan fingerprint density at radius 2 is 1.84 bits per heavy atom. The molecule has 0 aromatic heterocycles. The van der Waals surface area contributed by atoms with Gasteiger partial charge in [0.1, 0.15) is 24.2 Å². The van der Waals surface area contributed by atoms with Gasteiger partial charge in [0.15, 0.2) is 0 Å². The van der Waals surface area contributed by atoms with Crippen LogP contribution in [0.4, 0.5) is 4.79 Å². The molecular formula is C26H34N4O7. The monoisotopic (exact) mass is 514 g/mol. The number of nitrogens with one attached hydrogen (secondary N) is 2. The van der Waals surface area contributed by atoms with Gasteiger partial charge in [-0.05, 0) is 44.7 Å². The van der Waals surface area contributed by atoms with Crippen molar-refractivity contribution in [1.82, 2.24) is 15.5 Å². The van der Waals surface area contributed by atoms with E-state index < -0.39 is 66.5 Å². The molecule has 0 aliphatic heterocycles. The van der Waals surface area contributed by atoms with Gasteiger partial charge in [0.05, 0.1) is 13.5 Å². The van der Waals surface area contributed by atoms with E-state index >= 15 is 0 Å². The van der Waals surface area contributed by atoms with E-state index in [1.54, 1.807) is 45.0 Å². The number of benzene rings is 1. The topological polar surface area (TPSA) is 157 Å². The maximum Gasteiger partial charge on any atom is 0.408 e. The lowest BCUT2D eigenvalue weighted by Gasteiger charge is -2.35. The van der Waals surface area contributed by atoms with Crippen molar-refractivity contribution >= 4 is 29.8 Å². The van der Waals surface area contributed by atoms with E-state index in [2.05, 4.69) is 21.3 Å². The van der Waals surface area contributed by atoms with Crippen molar-refractivity contribution in [3.8, 4) is 12.3 Å². The van der Waals surface area contributed by atoms with Crippen LogP contribution in [0.2, 0.25) is 0 Å². The highest BCUT2D eigenvalue weighted by molar-refractivity contribution is 5.95. The summed E-state index contributed by atoms with van der Waals surface area (Å²) in [5.41, 5.74) is 5.22. The van der Waals surface area contributed by atoms with Crippen LogP contribution in [0.15, 0.2) is 24.3 Å². The molecule has 1 aromatic carbocycles. The molecule has 4 atom stereocenters. The van der Waals surface area contributed by atoms with E-state index in [0.717, 1.165) is 0 Å². The Kier molecular flexibility index (Phi) is 9.66. The lowest BCUT2D eigenvalue weighted by atomic mass is 9.97. The maximum absolute atomic E-state index is 13.9. The van der Waals surface area contributed by atoms with E-state index in [0.29, 0.717) is 17.5 Å². The second kappa shape index (κ2) is 12.3. The van der Waals surface area contributed by atoms with Crippen LogP contribution in [0.25, 0.3) is 0 Å². The number of methoxy groups -OCH3 is 1. The van der Waals surface area contributed by atoms with Gasteiger partial charge in [-0.15, -0.1) is 6.42 Å². The Balaban J connectivity index is 2.55. The summed E-state index contributed by atoms with van der Waals surface area (Å²) >= 11 is 0. The second-order valence-corrected chi connectivity index (χ2v) is 9.82. The molecule has 1 saturated carbocycles. The molecule has 1 aliphatic carbocycles. The molecule has 0 bridgehead atoms. The highest BCUT2D eigenvalue weighted by Gasteiger charge is 2.48. The molecule has 0 heterocycles. The predicted molar refractivity (Wildman–Crippen MR) is 134 cm³/mol. The fraction of sp³-hybridized carbons (Fsp3) is 0.500. The summed E-state index contributed by atoms with van der Waals surface area (Å²) in [4.78, 5) is 64.8. The lowest BCUT2D eigenvalue weighted by Crippen LogP contribution is -2.55. The first-order valence-electron chi connectivity index (χ1n) is 11.8. The van der Waals surface area contributed by atoms with Crippen LogP contribution in [-0.4, -0.2) is 66.0 Å². The van der Waals surface area contributed by atoms with Crippen molar-refractivity contribution in [1.29, 1.82) is 0 Å². The Morgan fingerprint density at radius 3 is 2.35 bits per heavy atom. The Hall–Kier alpha value is -4.07. The molecule has 200 valence electrons. The molecule has 37 heavy (non-hydrogen) atoms. The number of esters is 1. The third kappa shape index (κ3) is 8.24. The molecule has 1 fully saturated rings. The molecule has 0 saturated heterocycles. The number of nitrogens with two attached hydrogens (primary N) is 1. The van der Waals surface area contributed by atoms with Gasteiger partial charge in [-0.25, -0.2) is 4.79 Å². The van der Waals surface area contributed by atoms with Crippen molar-refractivity contribution in [3.63, 3.8) is 0 Å². The summed E-state index contributed by atoms with van der Waals surface area (Å²) in [7, 11) is 1.18. The van der Waals surface area contributed by atoms with E-state index in [1.165, 1.54) is 12.0 Å². The maximum atomic E-state index is 13.9. The molecule has 0 radical (unpaired) electrons. The number of hydrogen-bond donors (Lipinski definition) is 3. The van der Waals surface area contributed by atoms with Gasteiger partial charge < -0.3 is 30.7 Å². The van der Waals surface area contributed by atoms with Crippen LogP contribution in [0.5, 0.6) is 0 Å². The van der Waals surface area contributed by atoms with Gasteiger partial charge in [0.25, 0.3) is 0 Å². The number of primary amides is 1. The summed E-state index contributed by atoms with van der Waals surface area (Å²) in [6.45, 7) is 6.40. The summed E-state index contributed by atoms with van der Waals surface area (Å²) in [6, 6.07) is 3.50. The minimum atomic E-state index is -1.41. The molecule has 0 spiro atoms. The van der Waals surface area contributed by atoms with E-state index in [-0.39, 0.29) is 5.92 Å². The molecule has 11 heteroatoms. The number of ether oxygens (including phenoxy) is 2. The number of hydrogen-bond acceptors (Lipinski definition) is 7. The fourth-order valence-electron chi connectivity index (χ4n) is 3.82. The number of nitrogens with zero attached hydrogens (tertiary/aromatic N) is 1.